The standard InChI is InChI=1S/C27H41N3O4/c1-5-7-10-23-12-14-24(15-13-23)27(32)30(17-9-19-34-6-2)22-26(31)29(18-20-33-4)21-25-11-8-16-28(25)3/h8,11-16H,5-7,9-10,17-22H2,1-4H3. The molecule has 0 radical (unpaired) electrons. The topological polar surface area (TPSA) is 64.0 Å². The van der Waals surface area contributed by atoms with Crippen molar-refractivity contribution in [2.75, 3.05) is 46.6 Å². The molecule has 2 aromatic rings. The van der Waals surface area contributed by atoms with Crippen LogP contribution in [0.3, 0.4) is 0 Å². The number of nitrogens with zero attached hydrogens (tertiary/aromatic N) is 3. The summed E-state index contributed by atoms with van der Waals surface area (Å²) in [5.41, 5.74) is 2.86. The highest BCUT2D eigenvalue weighted by Crippen LogP contribution is 2.12. The van der Waals surface area contributed by atoms with Gasteiger partial charge in [-0.1, -0.05) is 25.5 Å². The smallest absolute Gasteiger partial charge is 0.254 e. The Hall–Kier alpha value is -2.64. The minimum Gasteiger partial charge on any atom is -0.383 e. The molecule has 0 aliphatic carbocycles. The van der Waals surface area contributed by atoms with Gasteiger partial charge in [0, 0.05) is 57.9 Å². The van der Waals surface area contributed by atoms with E-state index >= 15 is 0 Å². The zero-order chi connectivity index (χ0) is 24.8. The lowest BCUT2D eigenvalue weighted by Gasteiger charge is -2.28. The minimum atomic E-state index is -0.127. The van der Waals surface area contributed by atoms with Gasteiger partial charge in [0.15, 0.2) is 0 Å². The number of benzene rings is 1. The molecular weight excluding hydrogens is 430 g/mol. The maximum Gasteiger partial charge on any atom is 0.254 e. The molecule has 1 heterocycles. The fraction of sp³-hybridized carbons (Fsp3) is 0.556. The van der Waals surface area contributed by atoms with E-state index in [1.807, 2.05) is 61.1 Å². The molecule has 7 heteroatoms. The number of unbranched alkanes of at least 4 members (excludes halogenated alkanes) is 1. The van der Waals surface area contributed by atoms with Crippen molar-refractivity contribution in [2.24, 2.45) is 7.05 Å². The number of ether oxygens (including phenoxy) is 2. The second-order valence-corrected chi connectivity index (χ2v) is 8.50. The number of methoxy groups -OCH3 is 1. The highest BCUT2D eigenvalue weighted by atomic mass is 16.5. The summed E-state index contributed by atoms with van der Waals surface area (Å²) >= 11 is 0. The molecule has 34 heavy (non-hydrogen) atoms. The fourth-order valence-electron chi connectivity index (χ4n) is 3.74. The quantitative estimate of drug-likeness (QED) is 0.348. The van der Waals surface area contributed by atoms with Gasteiger partial charge in [-0.25, -0.2) is 0 Å². The molecule has 1 aromatic carbocycles. The van der Waals surface area contributed by atoms with Gasteiger partial charge < -0.3 is 23.8 Å². The monoisotopic (exact) mass is 471 g/mol. The lowest BCUT2D eigenvalue weighted by Crippen LogP contribution is -2.44. The van der Waals surface area contributed by atoms with Crippen LogP contribution in [-0.4, -0.2) is 72.7 Å². The Kier molecular flexibility index (Phi) is 12.4. The SMILES string of the molecule is CCCCc1ccc(C(=O)N(CCCOCC)CC(=O)N(CCOC)Cc2cccn2C)cc1. The van der Waals surface area contributed by atoms with Crippen LogP contribution in [0.5, 0.6) is 0 Å². The van der Waals surface area contributed by atoms with E-state index in [0.29, 0.717) is 51.4 Å². The van der Waals surface area contributed by atoms with Crippen molar-refractivity contribution < 1.29 is 19.1 Å². The summed E-state index contributed by atoms with van der Waals surface area (Å²) in [6.45, 7) is 7.17. The summed E-state index contributed by atoms with van der Waals surface area (Å²) in [6, 6.07) is 11.7. The average Bonchev–Trinajstić information content (AvgIpc) is 3.26. The van der Waals surface area contributed by atoms with Gasteiger partial charge in [-0.05, 0) is 56.0 Å². The number of hydrogen-bond acceptors (Lipinski definition) is 4. The molecule has 0 aliphatic heterocycles. The molecule has 7 nitrogen and oxygen atoms in total. The van der Waals surface area contributed by atoms with Crippen molar-refractivity contribution in [1.82, 2.24) is 14.4 Å². The fourth-order valence-corrected chi connectivity index (χ4v) is 3.74. The number of amides is 2. The van der Waals surface area contributed by atoms with Crippen molar-refractivity contribution in [3.8, 4) is 0 Å². The zero-order valence-electron chi connectivity index (χ0n) is 21.3. The highest BCUT2D eigenvalue weighted by Gasteiger charge is 2.23. The highest BCUT2D eigenvalue weighted by molar-refractivity contribution is 5.96. The number of carbonyl (C=O) groups is 2. The van der Waals surface area contributed by atoms with Crippen LogP contribution in [0.2, 0.25) is 0 Å². The average molecular weight is 472 g/mol. The van der Waals surface area contributed by atoms with Gasteiger partial charge in [0.05, 0.1) is 13.2 Å². The molecule has 0 saturated heterocycles. The van der Waals surface area contributed by atoms with E-state index in [1.54, 1.807) is 16.9 Å². The Bertz CT molecular complexity index is 863. The van der Waals surface area contributed by atoms with Gasteiger partial charge >= 0.3 is 0 Å². The summed E-state index contributed by atoms with van der Waals surface area (Å²) in [4.78, 5) is 30.1. The van der Waals surface area contributed by atoms with E-state index in [2.05, 4.69) is 6.92 Å². The maximum atomic E-state index is 13.4. The predicted octanol–water partition coefficient (Wildman–Crippen LogP) is 3.91. The molecule has 2 amide bonds. The lowest BCUT2D eigenvalue weighted by molar-refractivity contribution is -0.133. The first-order valence-electron chi connectivity index (χ1n) is 12.3. The minimum absolute atomic E-state index is 0.0245. The summed E-state index contributed by atoms with van der Waals surface area (Å²) < 4.78 is 12.7. The Labute approximate surface area is 204 Å². The molecule has 0 fully saturated rings. The van der Waals surface area contributed by atoms with Crippen LogP contribution in [0, 0.1) is 0 Å². The summed E-state index contributed by atoms with van der Waals surface area (Å²) in [5, 5.41) is 0. The van der Waals surface area contributed by atoms with Crippen LogP contribution in [0.15, 0.2) is 42.6 Å². The summed E-state index contributed by atoms with van der Waals surface area (Å²) in [6.07, 6.45) is 5.91. The molecule has 0 bridgehead atoms. The second kappa shape index (κ2) is 15.3. The number of carbonyl (C=O) groups excluding carboxylic acids is 2. The maximum absolute atomic E-state index is 13.4. The van der Waals surface area contributed by atoms with Crippen molar-refractivity contribution in [3.05, 3.63) is 59.4 Å². The number of rotatable bonds is 16. The van der Waals surface area contributed by atoms with Crippen LogP contribution >= 0.6 is 0 Å². The van der Waals surface area contributed by atoms with E-state index in [-0.39, 0.29) is 18.4 Å². The molecule has 0 aliphatic rings. The Morgan fingerprint density at radius 3 is 2.35 bits per heavy atom. The van der Waals surface area contributed by atoms with Crippen LogP contribution < -0.4 is 0 Å². The van der Waals surface area contributed by atoms with E-state index in [1.165, 1.54) is 5.56 Å². The van der Waals surface area contributed by atoms with Gasteiger partial charge in [0.1, 0.15) is 6.54 Å². The summed E-state index contributed by atoms with van der Waals surface area (Å²) in [5.74, 6) is -0.222. The first-order chi connectivity index (χ1) is 16.5. The number of aromatic nitrogens is 1. The largest absolute Gasteiger partial charge is 0.383 e. The third kappa shape index (κ3) is 8.95. The molecule has 0 spiro atoms. The van der Waals surface area contributed by atoms with Crippen LogP contribution in [0.25, 0.3) is 0 Å². The van der Waals surface area contributed by atoms with Gasteiger partial charge in [0.2, 0.25) is 5.91 Å². The van der Waals surface area contributed by atoms with E-state index < -0.39 is 0 Å². The van der Waals surface area contributed by atoms with Crippen LogP contribution in [0.4, 0.5) is 0 Å². The van der Waals surface area contributed by atoms with Gasteiger partial charge in [-0.15, -0.1) is 0 Å². The van der Waals surface area contributed by atoms with Gasteiger partial charge in [-0.2, -0.15) is 0 Å². The molecule has 2 rings (SSSR count). The van der Waals surface area contributed by atoms with Crippen molar-refractivity contribution >= 4 is 11.8 Å². The first-order valence-corrected chi connectivity index (χ1v) is 12.3. The predicted molar refractivity (Wildman–Crippen MR) is 135 cm³/mol. The Morgan fingerprint density at radius 2 is 1.74 bits per heavy atom. The van der Waals surface area contributed by atoms with Crippen LogP contribution in [-0.2, 0) is 34.3 Å². The van der Waals surface area contributed by atoms with E-state index in [4.69, 9.17) is 9.47 Å². The molecule has 0 N–H and O–H groups in total. The van der Waals surface area contributed by atoms with E-state index in [0.717, 1.165) is 25.0 Å². The normalized spacial score (nSPS) is 10.9. The Balaban J connectivity index is 2.14. The molecule has 0 saturated carbocycles. The van der Waals surface area contributed by atoms with E-state index in [9.17, 15) is 9.59 Å². The number of hydrogen-bond donors (Lipinski definition) is 0. The lowest BCUT2D eigenvalue weighted by atomic mass is 10.1. The van der Waals surface area contributed by atoms with Crippen molar-refractivity contribution in [2.45, 2.75) is 46.1 Å². The zero-order valence-corrected chi connectivity index (χ0v) is 21.3. The second-order valence-electron chi connectivity index (χ2n) is 8.50. The molecular formula is C27H41N3O4. The third-order valence-corrected chi connectivity index (χ3v) is 5.88. The first kappa shape index (κ1) is 27.6. The molecule has 1 aromatic heterocycles. The third-order valence-electron chi connectivity index (χ3n) is 5.88. The van der Waals surface area contributed by atoms with Crippen molar-refractivity contribution in [3.63, 3.8) is 0 Å². The van der Waals surface area contributed by atoms with Gasteiger partial charge in [0.25, 0.3) is 5.91 Å². The molecule has 188 valence electrons. The van der Waals surface area contributed by atoms with Crippen molar-refractivity contribution in [1.29, 1.82) is 0 Å². The Morgan fingerprint density at radius 1 is 0.971 bits per heavy atom. The van der Waals surface area contributed by atoms with Gasteiger partial charge in [-0.3, -0.25) is 9.59 Å². The van der Waals surface area contributed by atoms with Crippen LogP contribution in [0.1, 0.15) is 54.7 Å². The molecule has 0 unspecified atom stereocenters. The molecule has 0 atom stereocenters. The summed E-state index contributed by atoms with van der Waals surface area (Å²) in [7, 11) is 3.58. The number of aryl methyl sites for hydroxylation is 2.